The van der Waals surface area contributed by atoms with Crippen molar-refractivity contribution >= 4 is 28.4 Å². The van der Waals surface area contributed by atoms with E-state index in [9.17, 15) is 4.79 Å². The van der Waals surface area contributed by atoms with E-state index in [1.165, 1.54) is 0 Å². The summed E-state index contributed by atoms with van der Waals surface area (Å²) in [6, 6.07) is 13.5. The fourth-order valence-corrected chi connectivity index (χ4v) is 3.43. The van der Waals surface area contributed by atoms with Crippen LogP contribution < -0.4 is 26.3 Å². The van der Waals surface area contributed by atoms with E-state index in [0.717, 1.165) is 33.5 Å². The summed E-state index contributed by atoms with van der Waals surface area (Å²) in [6.45, 7) is 0.607. The number of carbonyl (C=O) groups excluding carboxylic acids is 1. The molecule has 6 N–H and O–H groups in total. The van der Waals surface area contributed by atoms with Gasteiger partial charge in [-0.25, -0.2) is 0 Å². The quantitative estimate of drug-likeness (QED) is 0.350. The van der Waals surface area contributed by atoms with Crippen LogP contribution in [0.15, 0.2) is 42.5 Å². The van der Waals surface area contributed by atoms with Gasteiger partial charge in [0.15, 0.2) is 11.5 Å². The van der Waals surface area contributed by atoms with Crippen LogP contribution in [-0.4, -0.2) is 35.8 Å². The first-order valence-corrected chi connectivity index (χ1v) is 9.89. The van der Waals surface area contributed by atoms with Crippen molar-refractivity contribution in [3.8, 4) is 22.6 Å². The van der Waals surface area contributed by atoms with E-state index >= 15 is 0 Å². The van der Waals surface area contributed by atoms with Crippen LogP contribution in [0.1, 0.15) is 23.3 Å². The highest BCUT2D eigenvalue weighted by atomic mass is 35.5. The second kappa shape index (κ2) is 8.32. The normalized spacial score (nSPS) is 14.7. The summed E-state index contributed by atoms with van der Waals surface area (Å²) < 4.78 is 10.8. The molecule has 1 amide bonds. The van der Waals surface area contributed by atoms with Gasteiger partial charge in [-0.05, 0) is 48.2 Å². The predicted molar refractivity (Wildman–Crippen MR) is 113 cm³/mol. The second-order valence-electron chi connectivity index (χ2n) is 7.12. The fraction of sp³-hybridized carbons (Fsp3) is 0.286. The van der Waals surface area contributed by atoms with Gasteiger partial charge in [0.1, 0.15) is 5.69 Å². The Hall–Kier alpha value is -2.74. The number of H-pyrrole nitrogens is 1. The van der Waals surface area contributed by atoms with Crippen LogP contribution in [0.5, 0.6) is 11.5 Å². The Bertz CT molecular complexity index is 1030. The van der Waals surface area contributed by atoms with Gasteiger partial charge in [-0.15, -0.1) is 11.6 Å². The average Bonchev–Trinajstić information content (AvgIpc) is 3.35. The number of fused-ring (bicyclic) bond motifs is 2. The first-order valence-electron chi connectivity index (χ1n) is 9.46. The minimum atomic E-state index is -0.413. The highest BCUT2D eigenvalue weighted by Crippen LogP contribution is 2.36. The number of aromatic amines is 1. The number of nitrogens with two attached hydrogens (primary N) is 2. The molecule has 1 aliphatic heterocycles. The number of rotatable bonds is 7. The van der Waals surface area contributed by atoms with Gasteiger partial charge in [0.05, 0.1) is 5.50 Å². The van der Waals surface area contributed by atoms with Gasteiger partial charge in [0, 0.05) is 23.5 Å². The molecule has 1 aromatic heterocycles. The molecule has 29 heavy (non-hydrogen) atoms. The summed E-state index contributed by atoms with van der Waals surface area (Å²) in [5, 5.41) is 3.80. The molecule has 0 bridgehead atoms. The summed E-state index contributed by atoms with van der Waals surface area (Å²) in [6.07, 6.45) is 1.25. The van der Waals surface area contributed by atoms with E-state index in [1.54, 1.807) is 0 Å². The van der Waals surface area contributed by atoms with Crippen molar-refractivity contribution in [3.05, 3.63) is 48.2 Å². The molecule has 2 heterocycles. The van der Waals surface area contributed by atoms with Gasteiger partial charge >= 0.3 is 0 Å². The highest BCUT2D eigenvalue weighted by molar-refractivity contribution is 6.20. The molecule has 0 fully saturated rings. The molecule has 7 nitrogen and oxygen atoms in total. The molecule has 0 saturated carbocycles. The minimum Gasteiger partial charge on any atom is -0.454 e. The SMILES string of the molecule is NC(Cl)CCC(N)CNC(=O)c1cc2ccc(-c3ccc4c(c3)OCO4)cc2[nH]1. The summed E-state index contributed by atoms with van der Waals surface area (Å²) in [5.41, 5.74) is 14.5. The number of carbonyl (C=O) groups is 1. The lowest BCUT2D eigenvalue weighted by Gasteiger charge is -2.12. The minimum absolute atomic E-state index is 0.189. The fourth-order valence-electron chi connectivity index (χ4n) is 3.30. The van der Waals surface area contributed by atoms with Gasteiger partial charge in [0.25, 0.3) is 5.91 Å². The molecule has 0 saturated heterocycles. The number of alkyl halides is 1. The monoisotopic (exact) mass is 414 g/mol. The predicted octanol–water partition coefficient (Wildman–Crippen LogP) is 2.92. The van der Waals surface area contributed by atoms with E-state index < -0.39 is 5.50 Å². The molecule has 3 aromatic rings. The van der Waals surface area contributed by atoms with Gasteiger partial charge in [-0.2, -0.15) is 0 Å². The third kappa shape index (κ3) is 4.48. The first kappa shape index (κ1) is 19.6. The molecule has 8 heteroatoms. The van der Waals surface area contributed by atoms with E-state index in [-0.39, 0.29) is 18.7 Å². The lowest BCUT2D eigenvalue weighted by atomic mass is 10.0. The highest BCUT2D eigenvalue weighted by Gasteiger charge is 2.15. The third-order valence-corrected chi connectivity index (χ3v) is 5.13. The molecule has 0 spiro atoms. The Balaban J connectivity index is 1.46. The van der Waals surface area contributed by atoms with Crippen LogP contribution in [0.4, 0.5) is 0 Å². The number of amides is 1. The molecule has 2 atom stereocenters. The Morgan fingerprint density at radius 1 is 1.07 bits per heavy atom. The van der Waals surface area contributed by atoms with Gasteiger partial charge in [-0.3, -0.25) is 4.79 Å². The summed E-state index contributed by atoms with van der Waals surface area (Å²) in [7, 11) is 0. The van der Waals surface area contributed by atoms with Gasteiger partial charge < -0.3 is 31.2 Å². The van der Waals surface area contributed by atoms with Crippen molar-refractivity contribution in [2.45, 2.75) is 24.4 Å². The molecule has 0 radical (unpaired) electrons. The third-order valence-electron chi connectivity index (χ3n) is 4.91. The molecular formula is C21H23ClN4O3. The van der Waals surface area contributed by atoms with E-state index in [2.05, 4.69) is 10.3 Å². The van der Waals surface area contributed by atoms with Crippen molar-refractivity contribution in [3.63, 3.8) is 0 Å². The number of ether oxygens (including phenoxy) is 2. The number of hydrogen-bond donors (Lipinski definition) is 4. The maximum atomic E-state index is 12.5. The van der Waals surface area contributed by atoms with Crippen LogP contribution in [0.3, 0.4) is 0 Å². The topological polar surface area (TPSA) is 115 Å². The Morgan fingerprint density at radius 3 is 2.66 bits per heavy atom. The first-order chi connectivity index (χ1) is 14.0. The number of hydrogen-bond acceptors (Lipinski definition) is 5. The van der Waals surface area contributed by atoms with Gasteiger partial charge in [0.2, 0.25) is 6.79 Å². The Morgan fingerprint density at radius 2 is 1.83 bits per heavy atom. The summed E-state index contributed by atoms with van der Waals surface area (Å²) in [4.78, 5) is 15.6. The smallest absolute Gasteiger partial charge is 0.267 e. The second-order valence-corrected chi connectivity index (χ2v) is 7.68. The molecule has 1 aliphatic rings. The number of aromatic nitrogens is 1. The van der Waals surface area contributed by atoms with E-state index in [1.807, 2.05) is 42.5 Å². The van der Waals surface area contributed by atoms with E-state index in [4.69, 9.17) is 32.5 Å². The standard InChI is InChI=1S/C21H23ClN4O3/c22-20(24)6-4-15(23)10-25-21(27)17-8-14-2-1-12(7-16(14)26-17)13-3-5-18-19(9-13)29-11-28-18/h1-3,5,7-9,15,20,26H,4,6,10-11,23-24H2,(H,25,27). The summed E-state index contributed by atoms with van der Waals surface area (Å²) >= 11 is 5.73. The number of halogens is 1. The zero-order valence-electron chi connectivity index (χ0n) is 15.8. The van der Waals surface area contributed by atoms with Crippen molar-refractivity contribution in [2.24, 2.45) is 11.5 Å². The van der Waals surface area contributed by atoms with Crippen LogP contribution in [0.2, 0.25) is 0 Å². The average molecular weight is 415 g/mol. The molecule has 152 valence electrons. The van der Waals surface area contributed by atoms with Crippen molar-refractivity contribution in [1.29, 1.82) is 0 Å². The zero-order valence-corrected chi connectivity index (χ0v) is 16.5. The van der Waals surface area contributed by atoms with Crippen LogP contribution >= 0.6 is 11.6 Å². The van der Waals surface area contributed by atoms with Crippen LogP contribution in [0, 0.1) is 0 Å². The molecule has 2 unspecified atom stereocenters. The maximum Gasteiger partial charge on any atom is 0.267 e. The van der Waals surface area contributed by atoms with Crippen LogP contribution in [0.25, 0.3) is 22.0 Å². The Labute approximate surface area is 173 Å². The van der Waals surface area contributed by atoms with E-state index in [0.29, 0.717) is 25.1 Å². The van der Waals surface area contributed by atoms with Crippen molar-refractivity contribution < 1.29 is 14.3 Å². The molecule has 2 aromatic carbocycles. The van der Waals surface area contributed by atoms with Gasteiger partial charge in [-0.1, -0.05) is 18.2 Å². The Kier molecular flexibility index (Phi) is 5.62. The maximum absolute atomic E-state index is 12.5. The molecular weight excluding hydrogens is 392 g/mol. The number of nitrogens with one attached hydrogen (secondary N) is 2. The van der Waals surface area contributed by atoms with Crippen molar-refractivity contribution in [2.75, 3.05) is 13.3 Å². The summed E-state index contributed by atoms with van der Waals surface area (Å²) in [5.74, 6) is 1.29. The lowest BCUT2D eigenvalue weighted by Crippen LogP contribution is -2.38. The largest absolute Gasteiger partial charge is 0.454 e. The molecule has 4 rings (SSSR count). The zero-order chi connectivity index (χ0) is 20.4. The van der Waals surface area contributed by atoms with Crippen LogP contribution in [-0.2, 0) is 0 Å². The number of benzene rings is 2. The van der Waals surface area contributed by atoms with Crippen molar-refractivity contribution in [1.82, 2.24) is 10.3 Å². The lowest BCUT2D eigenvalue weighted by molar-refractivity contribution is 0.0946. The molecule has 0 aliphatic carbocycles.